The summed E-state index contributed by atoms with van der Waals surface area (Å²) in [7, 11) is 0. The van der Waals surface area contributed by atoms with E-state index < -0.39 is 0 Å². The van der Waals surface area contributed by atoms with Gasteiger partial charge in [0.15, 0.2) is 0 Å². The normalized spacial score (nSPS) is 11.1. The van der Waals surface area contributed by atoms with Gasteiger partial charge >= 0.3 is 0 Å². The predicted molar refractivity (Wildman–Crippen MR) is 83.3 cm³/mol. The maximum absolute atomic E-state index is 6.33. The van der Waals surface area contributed by atoms with E-state index in [0.717, 1.165) is 27.0 Å². The summed E-state index contributed by atoms with van der Waals surface area (Å²) < 4.78 is 2.94. The van der Waals surface area contributed by atoms with Crippen molar-refractivity contribution in [2.45, 2.75) is 5.88 Å². The van der Waals surface area contributed by atoms with E-state index in [1.165, 1.54) is 0 Å². The van der Waals surface area contributed by atoms with Crippen molar-refractivity contribution in [3.8, 4) is 5.69 Å². The molecule has 0 aliphatic rings. The number of rotatable bonds is 2. The summed E-state index contributed by atoms with van der Waals surface area (Å²) in [5.74, 6) is 1.12. The van der Waals surface area contributed by atoms with Gasteiger partial charge in [0.2, 0.25) is 0 Å². The van der Waals surface area contributed by atoms with E-state index >= 15 is 0 Å². The van der Waals surface area contributed by atoms with E-state index in [9.17, 15) is 0 Å². The lowest BCUT2D eigenvalue weighted by atomic mass is 10.3. The van der Waals surface area contributed by atoms with Gasteiger partial charge in [-0.15, -0.1) is 11.6 Å². The Morgan fingerprint density at radius 1 is 1.16 bits per heavy atom. The number of benzene rings is 2. The van der Waals surface area contributed by atoms with Crippen LogP contribution in [0.1, 0.15) is 5.82 Å². The summed E-state index contributed by atoms with van der Waals surface area (Å²) in [5, 5.41) is 0.656. The number of halogens is 3. The molecule has 96 valence electrons. The fourth-order valence-electron chi connectivity index (χ4n) is 2.10. The van der Waals surface area contributed by atoms with Gasteiger partial charge in [-0.2, -0.15) is 0 Å². The van der Waals surface area contributed by atoms with Crippen LogP contribution >= 0.6 is 39.1 Å². The maximum Gasteiger partial charge on any atom is 0.129 e. The number of imidazole rings is 1. The fraction of sp³-hybridized carbons (Fsp3) is 0.0714. The van der Waals surface area contributed by atoms with E-state index in [-0.39, 0.29) is 0 Å². The molecule has 0 fully saturated rings. The molecule has 0 saturated heterocycles. The van der Waals surface area contributed by atoms with Crippen molar-refractivity contribution in [1.29, 1.82) is 0 Å². The van der Waals surface area contributed by atoms with Crippen molar-refractivity contribution < 1.29 is 0 Å². The zero-order chi connectivity index (χ0) is 13.4. The van der Waals surface area contributed by atoms with E-state index in [2.05, 4.69) is 20.9 Å². The zero-order valence-corrected chi connectivity index (χ0v) is 12.9. The van der Waals surface area contributed by atoms with Crippen LogP contribution in [0.2, 0.25) is 5.02 Å². The molecule has 0 atom stereocenters. The first kappa shape index (κ1) is 13.0. The maximum atomic E-state index is 6.33. The molecule has 1 aromatic heterocycles. The summed E-state index contributed by atoms with van der Waals surface area (Å²) in [5.41, 5.74) is 2.80. The lowest BCUT2D eigenvalue weighted by Gasteiger charge is -2.10. The Morgan fingerprint density at radius 3 is 2.68 bits per heavy atom. The Morgan fingerprint density at radius 2 is 1.95 bits per heavy atom. The highest BCUT2D eigenvalue weighted by Gasteiger charge is 2.13. The zero-order valence-electron chi connectivity index (χ0n) is 9.78. The first-order valence-corrected chi connectivity index (χ1v) is 7.39. The highest BCUT2D eigenvalue weighted by Crippen LogP contribution is 2.29. The number of alkyl halides is 1. The predicted octanol–water partition coefficient (Wildman–Crippen LogP) is 5.18. The third kappa shape index (κ3) is 2.27. The van der Waals surface area contributed by atoms with Crippen molar-refractivity contribution >= 4 is 50.2 Å². The van der Waals surface area contributed by atoms with E-state index in [4.69, 9.17) is 23.2 Å². The van der Waals surface area contributed by atoms with Gasteiger partial charge in [0.1, 0.15) is 5.82 Å². The van der Waals surface area contributed by atoms with E-state index in [1.807, 2.05) is 47.0 Å². The van der Waals surface area contributed by atoms with Crippen molar-refractivity contribution in [2.24, 2.45) is 0 Å². The lowest BCUT2D eigenvalue weighted by molar-refractivity contribution is 0.982. The van der Waals surface area contributed by atoms with Gasteiger partial charge in [-0.1, -0.05) is 39.7 Å². The van der Waals surface area contributed by atoms with Crippen molar-refractivity contribution in [3.63, 3.8) is 0 Å². The average Bonchev–Trinajstić information content (AvgIpc) is 2.77. The van der Waals surface area contributed by atoms with Crippen molar-refractivity contribution in [3.05, 3.63) is 57.8 Å². The van der Waals surface area contributed by atoms with Crippen LogP contribution in [0.4, 0.5) is 0 Å². The second-order valence-electron chi connectivity index (χ2n) is 4.08. The summed E-state index contributed by atoms with van der Waals surface area (Å²) >= 11 is 15.7. The molecule has 3 aromatic rings. The summed E-state index contributed by atoms with van der Waals surface area (Å²) in [6.45, 7) is 0. The van der Waals surface area contributed by atoms with Crippen LogP contribution in [0.25, 0.3) is 16.7 Å². The molecule has 2 aromatic carbocycles. The fourth-order valence-corrected chi connectivity index (χ4v) is 3.03. The molecule has 0 bridgehead atoms. The summed E-state index contributed by atoms with van der Waals surface area (Å²) in [6.07, 6.45) is 0. The summed E-state index contributed by atoms with van der Waals surface area (Å²) in [4.78, 5) is 4.53. The monoisotopic (exact) mass is 354 g/mol. The molecule has 0 amide bonds. The molecule has 0 saturated carbocycles. The number of nitrogens with zero attached hydrogens (tertiary/aromatic N) is 2. The van der Waals surface area contributed by atoms with Crippen LogP contribution in [0, 0.1) is 0 Å². The molecule has 3 rings (SSSR count). The number of aromatic nitrogens is 2. The largest absolute Gasteiger partial charge is 0.294 e. The molecule has 0 radical (unpaired) electrons. The van der Waals surface area contributed by atoms with Gasteiger partial charge in [0.25, 0.3) is 0 Å². The van der Waals surface area contributed by atoms with Gasteiger partial charge < -0.3 is 0 Å². The number of hydrogen-bond acceptors (Lipinski definition) is 1. The van der Waals surface area contributed by atoms with Gasteiger partial charge in [0.05, 0.1) is 27.6 Å². The van der Waals surface area contributed by atoms with Gasteiger partial charge in [-0.25, -0.2) is 4.98 Å². The minimum absolute atomic E-state index is 0.334. The Bertz CT molecular complexity index is 752. The molecule has 5 heteroatoms. The van der Waals surface area contributed by atoms with Crippen LogP contribution in [0.15, 0.2) is 46.9 Å². The molecule has 0 spiro atoms. The lowest BCUT2D eigenvalue weighted by Crippen LogP contribution is -2.00. The third-order valence-corrected chi connectivity index (χ3v) is 3.94. The van der Waals surface area contributed by atoms with Crippen LogP contribution in [0.5, 0.6) is 0 Å². The Kier molecular flexibility index (Phi) is 3.52. The van der Waals surface area contributed by atoms with Crippen molar-refractivity contribution in [1.82, 2.24) is 9.55 Å². The van der Waals surface area contributed by atoms with Crippen molar-refractivity contribution in [2.75, 3.05) is 0 Å². The minimum Gasteiger partial charge on any atom is -0.294 e. The SMILES string of the molecule is ClCc1nc2ccccc2n1-c1ccc(Br)cc1Cl. The molecule has 0 aliphatic heterocycles. The molecule has 0 unspecified atom stereocenters. The molecule has 0 aliphatic carbocycles. The van der Waals surface area contributed by atoms with Crippen LogP contribution < -0.4 is 0 Å². The average molecular weight is 356 g/mol. The number of para-hydroxylation sites is 2. The molecule has 2 nitrogen and oxygen atoms in total. The van der Waals surface area contributed by atoms with Crippen LogP contribution in [0.3, 0.4) is 0 Å². The third-order valence-electron chi connectivity index (χ3n) is 2.90. The molecular weight excluding hydrogens is 347 g/mol. The smallest absolute Gasteiger partial charge is 0.129 e. The Hall–Kier alpha value is -1.03. The molecular formula is C14H9BrCl2N2. The van der Waals surface area contributed by atoms with E-state index in [1.54, 1.807) is 0 Å². The van der Waals surface area contributed by atoms with E-state index in [0.29, 0.717) is 10.9 Å². The first-order valence-electron chi connectivity index (χ1n) is 5.68. The van der Waals surface area contributed by atoms with Gasteiger partial charge in [0, 0.05) is 4.47 Å². The standard InChI is InChI=1S/C14H9BrCl2N2/c15-9-5-6-12(10(17)7-9)19-13-4-2-1-3-11(13)18-14(19)8-16/h1-7H,8H2. The molecule has 1 heterocycles. The first-order chi connectivity index (χ1) is 9.20. The Balaban J connectivity index is 2.34. The highest BCUT2D eigenvalue weighted by atomic mass is 79.9. The van der Waals surface area contributed by atoms with Gasteiger partial charge in [-0.3, -0.25) is 4.57 Å². The topological polar surface area (TPSA) is 17.8 Å². The highest BCUT2D eigenvalue weighted by molar-refractivity contribution is 9.10. The molecule has 0 N–H and O–H groups in total. The second kappa shape index (κ2) is 5.16. The summed E-state index contributed by atoms with van der Waals surface area (Å²) in [6, 6.07) is 13.7. The minimum atomic E-state index is 0.334. The van der Waals surface area contributed by atoms with Crippen LogP contribution in [-0.4, -0.2) is 9.55 Å². The number of fused-ring (bicyclic) bond motifs is 1. The number of hydrogen-bond donors (Lipinski definition) is 0. The quantitative estimate of drug-likeness (QED) is 0.579. The molecule has 19 heavy (non-hydrogen) atoms. The Labute approximate surface area is 129 Å². The second-order valence-corrected chi connectivity index (χ2v) is 5.67. The van der Waals surface area contributed by atoms with Crippen LogP contribution in [-0.2, 0) is 5.88 Å². The van der Waals surface area contributed by atoms with Gasteiger partial charge in [-0.05, 0) is 30.3 Å².